The molecule has 1 heterocycles. The summed E-state index contributed by atoms with van der Waals surface area (Å²) in [5, 5.41) is 8.42. The molecule has 6 nitrogen and oxygen atoms in total. The SMILES string of the molecule is Cc1ncc(S(=O)(=O)N(C)CCC#N)[nH]1. The molecular formula is C8H12N4O2S. The van der Waals surface area contributed by atoms with Crippen LogP contribution in [0, 0.1) is 18.3 Å². The second-order valence-electron chi connectivity index (χ2n) is 3.07. The number of sulfonamides is 1. The monoisotopic (exact) mass is 228 g/mol. The Morgan fingerprint density at radius 3 is 2.80 bits per heavy atom. The third kappa shape index (κ3) is 2.55. The molecular weight excluding hydrogens is 216 g/mol. The van der Waals surface area contributed by atoms with Gasteiger partial charge in [0.1, 0.15) is 5.82 Å². The fraction of sp³-hybridized carbons (Fsp3) is 0.500. The summed E-state index contributed by atoms with van der Waals surface area (Å²) in [6, 6.07) is 1.90. The van der Waals surface area contributed by atoms with Crippen molar-refractivity contribution in [2.45, 2.75) is 18.4 Å². The first-order valence-corrected chi connectivity index (χ1v) is 5.77. The van der Waals surface area contributed by atoms with E-state index in [0.29, 0.717) is 5.82 Å². The molecule has 1 N–H and O–H groups in total. The van der Waals surface area contributed by atoms with E-state index in [9.17, 15) is 8.42 Å². The van der Waals surface area contributed by atoms with Gasteiger partial charge in [-0.1, -0.05) is 0 Å². The summed E-state index contributed by atoms with van der Waals surface area (Å²) < 4.78 is 24.7. The molecule has 0 saturated heterocycles. The number of hydrogen-bond acceptors (Lipinski definition) is 4. The molecule has 1 aromatic rings. The standard InChI is InChI=1S/C8H12N4O2S/c1-7-10-6-8(11-7)15(13,14)12(2)5-3-4-9/h6H,3,5H2,1-2H3,(H,10,11). The molecule has 0 saturated carbocycles. The summed E-state index contributed by atoms with van der Waals surface area (Å²) in [4.78, 5) is 6.47. The van der Waals surface area contributed by atoms with E-state index in [1.54, 1.807) is 6.92 Å². The van der Waals surface area contributed by atoms with Gasteiger partial charge < -0.3 is 4.98 Å². The molecule has 0 fully saturated rings. The molecule has 0 aromatic carbocycles. The predicted octanol–water partition coefficient (Wildman–Crippen LogP) is 0.252. The number of nitriles is 1. The van der Waals surface area contributed by atoms with Gasteiger partial charge in [-0.25, -0.2) is 13.4 Å². The second kappa shape index (κ2) is 4.42. The summed E-state index contributed by atoms with van der Waals surface area (Å²) in [7, 11) is -2.09. The Balaban J connectivity index is 2.89. The first kappa shape index (κ1) is 11.7. The van der Waals surface area contributed by atoms with Crippen LogP contribution in [0.15, 0.2) is 11.2 Å². The van der Waals surface area contributed by atoms with Gasteiger partial charge in [-0.05, 0) is 6.92 Å². The van der Waals surface area contributed by atoms with Gasteiger partial charge in [-0.15, -0.1) is 0 Å². The van der Waals surface area contributed by atoms with Gasteiger partial charge in [0.15, 0.2) is 5.03 Å². The fourth-order valence-electron chi connectivity index (χ4n) is 1.02. The van der Waals surface area contributed by atoms with Crippen LogP contribution in [0.1, 0.15) is 12.2 Å². The van der Waals surface area contributed by atoms with E-state index in [4.69, 9.17) is 5.26 Å². The van der Waals surface area contributed by atoms with Crippen molar-refractivity contribution >= 4 is 10.0 Å². The zero-order chi connectivity index (χ0) is 11.5. The molecule has 7 heteroatoms. The third-order valence-corrected chi connectivity index (χ3v) is 3.67. The van der Waals surface area contributed by atoms with Gasteiger partial charge in [-0.2, -0.15) is 9.57 Å². The predicted molar refractivity (Wildman–Crippen MR) is 53.4 cm³/mol. The molecule has 0 aliphatic carbocycles. The van der Waals surface area contributed by atoms with Gasteiger partial charge >= 0.3 is 0 Å². The van der Waals surface area contributed by atoms with Crippen molar-refractivity contribution in [2.75, 3.05) is 13.6 Å². The van der Waals surface area contributed by atoms with Crippen LogP contribution in [0.5, 0.6) is 0 Å². The number of H-pyrrole nitrogens is 1. The van der Waals surface area contributed by atoms with Crippen LogP contribution in [-0.2, 0) is 10.0 Å². The quantitative estimate of drug-likeness (QED) is 0.800. The lowest BCUT2D eigenvalue weighted by atomic mass is 10.5. The molecule has 0 aliphatic rings. The smallest absolute Gasteiger partial charge is 0.259 e. The van der Waals surface area contributed by atoms with E-state index >= 15 is 0 Å². The molecule has 0 spiro atoms. The highest BCUT2D eigenvalue weighted by Gasteiger charge is 2.22. The molecule has 82 valence electrons. The minimum absolute atomic E-state index is 0.0560. The highest BCUT2D eigenvalue weighted by Crippen LogP contribution is 2.11. The maximum atomic E-state index is 11.8. The van der Waals surface area contributed by atoms with E-state index < -0.39 is 10.0 Å². The van der Waals surface area contributed by atoms with E-state index in [1.807, 2.05) is 6.07 Å². The Morgan fingerprint density at radius 2 is 2.33 bits per heavy atom. The lowest BCUT2D eigenvalue weighted by Crippen LogP contribution is -2.28. The largest absolute Gasteiger partial charge is 0.332 e. The van der Waals surface area contributed by atoms with E-state index in [-0.39, 0.29) is 18.0 Å². The van der Waals surface area contributed by atoms with Crippen LogP contribution >= 0.6 is 0 Å². The lowest BCUT2D eigenvalue weighted by molar-refractivity contribution is 0.474. The number of hydrogen-bond donors (Lipinski definition) is 1. The van der Waals surface area contributed by atoms with Crippen molar-refractivity contribution in [3.63, 3.8) is 0 Å². The van der Waals surface area contributed by atoms with Gasteiger partial charge in [0.05, 0.1) is 12.3 Å². The normalized spacial score (nSPS) is 11.6. The van der Waals surface area contributed by atoms with Crippen LogP contribution in [0.3, 0.4) is 0 Å². The summed E-state index contributed by atoms with van der Waals surface area (Å²) in [6.07, 6.45) is 1.44. The lowest BCUT2D eigenvalue weighted by Gasteiger charge is -2.13. The van der Waals surface area contributed by atoms with Crippen molar-refractivity contribution in [2.24, 2.45) is 0 Å². The Morgan fingerprint density at radius 1 is 1.67 bits per heavy atom. The molecule has 0 aliphatic heterocycles. The average Bonchev–Trinajstić information content (AvgIpc) is 2.61. The Bertz CT molecular complexity index is 471. The maximum absolute atomic E-state index is 11.8. The van der Waals surface area contributed by atoms with E-state index in [0.717, 1.165) is 4.31 Å². The number of imidazole rings is 1. The summed E-state index contributed by atoms with van der Waals surface area (Å²) in [5.41, 5.74) is 0. The number of aryl methyl sites for hydroxylation is 1. The zero-order valence-electron chi connectivity index (χ0n) is 8.56. The van der Waals surface area contributed by atoms with Gasteiger partial charge in [0.25, 0.3) is 10.0 Å². The minimum Gasteiger partial charge on any atom is -0.332 e. The van der Waals surface area contributed by atoms with Crippen LogP contribution in [0.4, 0.5) is 0 Å². The molecule has 0 amide bonds. The Kier molecular flexibility index (Phi) is 3.44. The number of rotatable bonds is 4. The molecule has 0 radical (unpaired) electrons. The Labute approximate surface area is 88.6 Å². The van der Waals surface area contributed by atoms with Crippen molar-refractivity contribution in [3.05, 3.63) is 12.0 Å². The van der Waals surface area contributed by atoms with E-state index in [1.165, 1.54) is 13.2 Å². The summed E-state index contributed by atoms with van der Waals surface area (Å²) >= 11 is 0. The average molecular weight is 228 g/mol. The van der Waals surface area contributed by atoms with Crippen molar-refractivity contribution in [1.82, 2.24) is 14.3 Å². The number of nitrogens with zero attached hydrogens (tertiary/aromatic N) is 3. The van der Waals surface area contributed by atoms with Crippen molar-refractivity contribution < 1.29 is 8.42 Å². The summed E-state index contributed by atoms with van der Waals surface area (Å²) in [5.74, 6) is 0.544. The zero-order valence-corrected chi connectivity index (χ0v) is 9.37. The number of aromatic amines is 1. The second-order valence-corrected chi connectivity index (χ2v) is 5.08. The highest BCUT2D eigenvalue weighted by molar-refractivity contribution is 7.89. The first-order valence-electron chi connectivity index (χ1n) is 4.33. The molecule has 15 heavy (non-hydrogen) atoms. The summed E-state index contributed by atoms with van der Waals surface area (Å²) in [6.45, 7) is 1.85. The van der Waals surface area contributed by atoms with Crippen molar-refractivity contribution in [1.29, 1.82) is 5.26 Å². The molecule has 0 unspecified atom stereocenters. The van der Waals surface area contributed by atoms with Crippen LogP contribution in [0.2, 0.25) is 0 Å². The highest BCUT2D eigenvalue weighted by atomic mass is 32.2. The number of aromatic nitrogens is 2. The van der Waals surface area contributed by atoms with Crippen molar-refractivity contribution in [3.8, 4) is 6.07 Å². The third-order valence-electron chi connectivity index (χ3n) is 1.91. The van der Waals surface area contributed by atoms with E-state index in [2.05, 4.69) is 9.97 Å². The van der Waals surface area contributed by atoms with Gasteiger partial charge in [0.2, 0.25) is 0 Å². The molecule has 0 atom stereocenters. The topological polar surface area (TPSA) is 89.8 Å². The maximum Gasteiger partial charge on any atom is 0.259 e. The van der Waals surface area contributed by atoms with Gasteiger partial charge in [0, 0.05) is 20.0 Å². The van der Waals surface area contributed by atoms with Crippen LogP contribution < -0.4 is 0 Å². The molecule has 0 bridgehead atoms. The van der Waals surface area contributed by atoms with Gasteiger partial charge in [-0.3, -0.25) is 0 Å². The van der Waals surface area contributed by atoms with Crippen LogP contribution in [-0.4, -0.2) is 36.3 Å². The first-order chi connectivity index (χ1) is 6.98. The Hall–Kier alpha value is -1.39. The van der Waals surface area contributed by atoms with Crippen LogP contribution in [0.25, 0.3) is 0 Å². The minimum atomic E-state index is -3.53. The fourth-order valence-corrected chi connectivity index (χ4v) is 2.15. The molecule has 1 rings (SSSR count). The number of nitrogens with one attached hydrogen (secondary N) is 1. The molecule has 1 aromatic heterocycles.